The molecule has 0 spiro atoms. The number of hydrogen-bond acceptors (Lipinski definition) is 3. The van der Waals surface area contributed by atoms with Crippen molar-refractivity contribution in [2.45, 2.75) is 18.9 Å². The van der Waals surface area contributed by atoms with Gasteiger partial charge in [-0.1, -0.05) is 12.2 Å². The molecular formula is C11H18N2O. The van der Waals surface area contributed by atoms with Crippen LogP contribution in [0, 0.1) is 0 Å². The van der Waals surface area contributed by atoms with Crippen molar-refractivity contribution >= 4 is 0 Å². The average molecular weight is 194 g/mol. The van der Waals surface area contributed by atoms with Crippen LogP contribution in [0.15, 0.2) is 23.9 Å². The first-order valence-electron chi connectivity index (χ1n) is 5.19. The number of allylic oxidation sites excluding steroid dienone is 2. The van der Waals surface area contributed by atoms with Crippen LogP contribution in [0.25, 0.3) is 0 Å². The molecule has 3 heteroatoms. The minimum absolute atomic E-state index is 0.202. The van der Waals surface area contributed by atoms with Crippen LogP contribution in [0.3, 0.4) is 0 Å². The van der Waals surface area contributed by atoms with Crippen LogP contribution in [0.1, 0.15) is 13.3 Å². The van der Waals surface area contributed by atoms with Crippen LogP contribution in [0.5, 0.6) is 0 Å². The number of nitrogens with two attached hydrogens (primary N) is 1. The molecule has 2 N–H and O–H groups in total. The fourth-order valence-electron chi connectivity index (χ4n) is 2.04. The van der Waals surface area contributed by atoms with Gasteiger partial charge in [0, 0.05) is 18.8 Å². The zero-order valence-corrected chi connectivity index (χ0v) is 8.70. The quantitative estimate of drug-likeness (QED) is 0.673. The predicted molar refractivity (Wildman–Crippen MR) is 56.8 cm³/mol. The van der Waals surface area contributed by atoms with E-state index in [2.05, 4.69) is 30.1 Å². The largest absolute Gasteiger partial charge is 0.378 e. The molecule has 1 unspecified atom stereocenters. The van der Waals surface area contributed by atoms with Gasteiger partial charge in [-0.15, -0.1) is 0 Å². The van der Waals surface area contributed by atoms with Crippen molar-refractivity contribution < 1.29 is 4.74 Å². The summed E-state index contributed by atoms with van der Waals surface area (Å²) in [5, 5.41) is 0. The van der Waals surface area contributed by atoms with Crippen LogP contribution < -0.4 is 5.73 Å². The fourth-order valence-corrected chi connectivity index (χ4v) is 2.04. The first-order valence-corrected chi connectivity index (χ1v) is 5.19. The molecule has 2 aliphatic rings. The van der Waals surface area contributed by atoms with E-state index in [1.165, 1.54) is 5.70 Å². The maximum absolute atomic E-state index is 6.25. The summed E-state index contributed by atoms with van der Waals surface area (Å²) in [5.74, 6) is 0. The second-order valence-corrected chi connectivity index (χ2v) is 4.20. The molecule has 2 rings (SSSR count). The summed E-state index contributed by atoms with van der Waals surface area (Å²) in [6, 6.07) is 0. The molecule has 1 saturated heterocycles. The second kappa shape index (κ2) is 3.75. The Balaban J connectivity index is 2.14. The topological polar surface area (TPSA) is 38.5 Å². The highest BCUT2D eigenvalue weighted by Gasteiger charge is 2.29. The number of morpholine rings is 1. The molecule has 0 radical (unpaired) electrons. The molecule has 1 aliphatic carbocycles. The van der Waals surface area contributed by atoms with Crippen molar-refractivity contribution in [2.75, 3.05) is 26.3 Å². The number of rotatable bonds is 1. The predicted octanol–water partition coefficient (Wildman–Crippen LogP) is 0.880. The molecule has 0 amide bonds. The molecule has 0 saturated carbocycles. The van der Waals surface area contributed by atoms with Gasteiger partial charge >= 0.3 is 0 Å². The normalized spacial score (nSPS) is 33.0. The lowest BCUT2D eigenvalue weighted by Gasteiger charge is -2.39. The third kappa shape index (κ3) is 1.83. The van der Waals surface area contributed by atoms with Gasteiger partial charge in [-0.25, -0.2) is 0 Å². The highest BCUT2D eigenvalue weighted by atomic mass is 16.5. The van der Waals surface area contributed by atoms with E-state index in [4.69, 9.17) is 10.5 Å². The summed E-state index contributed by atoms with van der Waals surface area (Å²) in [5.41, 5.74) is 7.30. The molecule has 1 aliphatic heterocycles. The monoisotopic (exact) mass is 194 g/mol. The molecule has 0 aromatic rings. The van der Waals surface area contributed by atoms with Gasteiger partial charge in [0.2, 0.25) is 0 Å². The van der Waals surface area contributed by atoms with E-state index < -0.39 is 0 Å². The first kappa shape index (κ1) is 9.74. The number of nitrogens with zero attached hydrogens (tertiary/aromatic N) is 1. The average Bonchev–Trinajstić information content (AvgIpc) is 2.18. The summed E-state index contributed by atoms with van der Waals surface area (Å²) >= 11 is 0. The summed E-state index contributed by atoms with van der Waals surface area (Å²) in [7, 11) is 0. The molecule has 3 nitrogen and oxygen atoms in total. The van der Waals surface area contributed by atoms with Crippen molar-refractivity contribution in [1.29, 1.82) is 0 Å². The van der Waals surface area contributed by atoms with Crippen molar-refractivity contribution in [2.24, 2.45) is 5.73 Å². The lowest BCUT2D eigenvalue weighted by atomic mass is 9.89. The Labute approximate surface area is 85.2 Å². The maximum atomic E-state index is 6.25. The molecule has 1 atom stereocenters. The van der Waals surface area contributed by atoms with E-state index in [0.29, 0.717) is 0 Å². The first-order chi connectivity index (χ1) is 6.70. The molecule has 1 heterocycles. The second-order valence-electron chi connectivity index (χ2n) is 4.20. The minimum atomic E-state index is -0.202. The van der Waals surface area contributed by atoms with E-state index in [9.17, 15) is 0 Å². The van der Waals surface area contributed by atoms with Crippen LogP contribution >= 0.6 is 0 Å². The van der Waals surface area contributed by atoms with Gasteiger partial charge in [-0.3, -0.25) is 0 Å². The van der Waals surface area contributed by atoms with Crippen LogP contribution in [0.4, 0.5) is 0 Å². The van der Waals surface area contributed by atoms with Gasteiger partial charge in [0.05, 0.1) is 18.8 Å². The third-order valence-corrected chi connectivity index (χ3v) is 2.87. The van der Waals surface area contributed by atoms with Gasteiger partial charge in [0.25, 0.3) is 0 Å². The molecule has 78 valence electrons. The fraction of sp³-hybridized carbons (Fsp3) is 0.636. The molecule has 1 fully saturated rings. The Hall–Kier alpha value is -0.800. The van der Waals surface area contributed by atoms with Gasteiger partial charge in [0.15, 0.2) is 0 Å². The highest BCUT2D eigenvalue weighted by molar-refractivity contribution is 5.28. The zero-order valence-electron chi connectivity index (χ0n) is 8.70. The molecule has 0 aromatic heterocycles. The lowest BCUT2D eigenvalue weighted by Crippen LogP contribution is -2.49. The number of hydrogen-bond donors (Lipinski definition) is 1. The number of ether oxygens (including phenoxy) is 1. The molecule has 0 aromatic carbocycles. The van der Waals surface area contributed by atoms with E-state index in [1.54, 1.807) is 0 Å². The molecule has 0 bridgehead atoms. The SMILES string of the molecule is CC1(N)CC=CC=C1N1CCOCC1. The van der Waals surface area contributed by atoms with Crippen molar-refractivity contribution in [3.63, 3.8) is 0 Å². The standard InChI is InChI=1S/C11H18N2O/c1-11(12)5-3-2-4-10(11)13-6-8-14-9-7-13/h2-4H,5-9,12H2,1H3. The Morgan fingerprint density at radius 1 is 1.43 bits per heavy atom. The van der Waals surface area contributed by atoms with Gasteiger partial charge < -0.3 is 15.4 Å². The van der Waals surface area contributed by atoms with Crippen LogP contribution in [0.2, 0.25) is 0 Å². The Bertz CT molecular complexity index is 262. The van der Waals surface area contributed by atoms with Gasteiger partial charge in [-0.2, -0.15) is 0 Å². The smallest absolute Gasteiger partial charge is 0.0642 e. The van der Waals surface area contributed by atoms with E-state index in [-0.39, 0.29) is 5.54 Å². The molecular weight excluding hydrogens is 176 g/mol. The zero-order chi connectivity index (χ0) is 10.0. The van der Waals surface area contributed by atoms with Crippen LogP contribution in [-0.2, 0) is 4.74 Å². The van der Waals surface area contributed by atoms with Gasteiger partial charge in [0.1, 0.15) is 0 Å². The van der Waals surface area contributed by atoms with E-state index in [1.807, 2.05) is 0 Å². The van der Waals surface area contributed by atoms with E-state index in [0.717, 1.165) is 32.7 Å². The highest BCUT2D eigenvalue weighted by Crippen LogP contribution is 2.26. The third-order valence-electron chi connectivity index (χ3n) is 2.87. The lowest BCUT2D eigenvalue weighted by molar-refractivity contribution is 0.0474. The van der Waals surface area contributed by atoms with E-state index >= 15 is 0 Å². The Kier molecular flexibility index (Phi) is 2.61. The summed E-state index contributed by atoms with van der Waals surface area (Å²) < 4.78 is 5.33. The van der Waals surface area contributed by atoms with Gasteiger partial charge in [-0.05, 0) is 19.4 Å². The van der Waals surface area contributed by atoms with Crippen molar-refractivity contribution in [1.82, 2.24) is 4.90 Å². The summed E-state index contributed by atoms with van der Waals surface area (Å²) in [6.45, 7) is 5.66. The van der Waals surface area contributed by atoms with Crippen molar-refractivity contribution in [3.8, 4) is 0 Å². The Morgan fingerprint density at radius 2 is 2.14 bits per heavy atom. The summed E-state index contributed by atoms with van der Waals surface area (Å²) in [6.07, 6.45) is 7.29. The summed E-state index contributed by atoms with van der Waals surface area (Å²) in [4.78, 5) is 2.34. The maximum Gasteiger partial charge on any atom is 0.0642 e. The Morgan fingerprint density at radius 3 is 2.79 bits per heavy atom. The minimum Gasteiger partial charge on any atom is -0.378 e. The molecule has 14 heavy (non-hydrogen) atoms. The van der Waals surface area contributed by atoms with Crippen molar-refractivity contribution in [3.05, 3.63) is 23.9 Å². The van der Waals surface area contributed by atoms with Crippen LogP contribution in [-0.4, -0.2) is 36.7 Å².